The zero-order chi connectivity index (χ0) is 25.8. The molecule has 1 aliphatic carbocycles. The van der Waals surface area contributed by atoms with Crippen LogP contribution in [-0.2, 0) is 28.4 Å². The third kappa shape index (κ3) is 3.85. The molecule has 5 rings (SSSR count). The highest BCUT2D eigenvalue weighted by atomic mass is 35.5. The molecule has 7 nitrogen and oxygen atoms in total. The molecule has 9 heteroatoms. The molecule has 1 aromatic heterocycles. The fraction of sp³-hybridized carbons (Fsp3) is 0.370. The molecule has 1 atom stereocenters. The number of carbonyl (C=O) groups excluding carboxylic acids is 2. The number of benzene rings is 2. The summed E-state index contributed by atoms with van der Waals surface area (Å²) in [4.78, 5) is 27.7. The van der Waals surface area contributed by atoms with Crippen molar-refractivity contribution in [2.24, 2.45) is 7.05 Å². The summed E-state index contributed by atoms with van der Waals surface area (Å²) in [6.07, 6.45) is 2.11. The van der Waals surface area contributed by atoms with E-state index >= 15 is 0 Å². The largest absolute Gasteiger partial charge is 0.495 e. The van der Waals surface area contributed by atoms with Gasteiger partial charge in [-0.2, -0.15) is 5.10 Å². The first-order valence-electron chi connectivity index (χ1n) is 11.8. The minimum absolute atomic E-state index is 0.164. The Kier molecular flexibility index (Phi) is 6.25. The van der Waals surface area contributed by atoms with Crippen molar-refractivity contribution in [1.29, 1.82) is 0 Å². The first-order valence-corrected chi connectivity index (χ1v) is 12.6. The van der Waals surface area contributed by atoms with Crippen LogP contribution in [0, 0.1) is 0 Å². The number of fused-ring (bicyclic) bond motifs is 1. The van der Waals surface area contributed by atoms with Gasteiger partial charge in [-0.15, -0.1) is 0 Å². The minimum Gasteiger partial charge on any atom is -0.495 e. The van der Waals surface area contributed by atoms with Crippen molar-refractivity contribution < 1.29 is 19.1 Å². The van der Waals surface area contributed by atoms with Crippen LogP contribution in [0.1, 0.15) is 53.0 Å². The summed E-state index contributed by atoms with van der Waals surface area (Å²) in [5, 5.41) is 5.67. The first kappa shape index (κ1) is 24.7. The van der Waals surface area contributed by atoms with E-state index in [0.29, 0.717) is 34.3 Å². The molecule has 0 radical (unpaired) electrons. The van der Waals surface area contributed by atoms with E-state index in [1.54, 1.807) is 23.1 Å². The topological polar surface area (TPSA) is 73.7 Å². The smallest absolute Gasteiger partial charge is 0.316 e. The standard InChI is InChI=1S/C27H27Cl2N3O4/c1-15-23-20(8-11-32(15)25(33)19-6-5-7-21(35-3)22(19)29)24(31(2)30-23)16-12-17(14-18(28)13-16)27(9-10-27)26(34)36-4/h5-7,12-15H,8-11H2,1-4H3. The van der Waals surface area contributed by atoms with E-state index in [2.05, 4.69) is 0 Å². The summed E-state index contributed by atoms with van der Waals surface area (Å²) in [5.74, 6) is 0.0647. The third-order valence-corrected chi connectivity index (χ3v) is 7.97. The highest BCUT2D eigenvalue weighted by molar-refractivity contribution is 6.35. The molecule has 1 unspecified atom stereocenters. The Morgan fingerprint density at radius 2 is 1.89 bits per heavy atom. The van der Waals surface area contributed by atoms with Gasteiger partial charge in [0.2, 0.25) is 0 Å². The molecule has 1 amide bonds. The Bertz CT molecular complexity index is 1380. The zero-order valence-electron chi connectivity index (χ0n) is 20.6. The van der Waals surface area contributed by atoms with Gasteiger partial charge in [-0.1, -0.05) is 29.3 Å². The number of aryl methyl sites for hydroxylation is 1. The van der Waals surface area contributed by atoms with Gasteiger partial charge in [-0.3, -0.25) is 14.3 Å². The van der Waals surface area contributed by atoms with Crippen LogP contribution < -0.4 is 4.74 Å². The van der Waals surface area contributed by atoms with Gasteiger partial charge in [0.25, 0.3) is 5.91 Å². The Morgan fingerprint density at radius 3 is 2.56 bits per heavy atom. The molecular weight excluding hydrogens is 501 g/mol. The second kappa shape index (κ2) is 9.12. The number of nitrogens with zero attached hydrogens (tertiary/aromatic N) is 3. The van der Waals surface area contributed by atoms with Crippen LogP contribution in [0.3, 0.4) is 0 Å². The number of carbonyl (C=O) groups is 2. The van der Waals surface area contributed by atoms with E-state index < -0.39 is 5.41 Å². The number of rotatable bonds is 5. The van der Waals surface area contributed by atoms with Gasteiger partial charge in [-0.05, 0) is 62.1 Å². The molecule has 1 fully saturated rings. The predicted octanol–water partition coefficient (Wildman–Crippen LogP) is 5.37. The van der Waals surface area contributed by atoms with Crippen LogP contribution in [0.25, 0.3) is 11.3 Å². The SMILES string of the molecule is COC(=O)C1(c2cc(Cl)cc(-c3c4c(nn3C)C(C)N(C(=O)c3cccc(OC)c3Cl)CC4)c2)CC1. The Balaban J connectivity index is 1.51. The number of aromatic nitrogens is 2. The normalized spacial score (nSPS) is 17.9. The van der Waals surface area contributed by atoms with E-state index in [-0.39, 0.29) is 17.9 Å². The zero-order valence-corrected chi connectivity index (χ0v) is 22.1. The molecule has 1 aliphatic heterocycles. The van der Waals surface area contributed by atoms with Crippen LogP contribution >= 0.6 is 23.2 Å². The van der Waals surface area contributed by atoms with E-state index in [9.17, 15) is 9.59 Å². The quantitative estimate of drug-likeness (QED) is 0.417. The maximum atomic E-state index is 13.5. The molecule has 188 valence electrons. The second-order valence-corrected chi connectivity index (χ2v) is 10.2. The van der Waals surface area contributed by atoms with Crippen LogP contribution in [0.4, 0.5) is 0 Å². The van der Waals surface area contributed by atoms with Crippen LogP contribution in [0.2, 0.25) is 10.0 Å². The minimum atomic E-state index is -0.625. The third-order valence-electron chi connectivity index (χ3n) is 7.37. The fourth-order valence-corrected chi connectivity index (χ4v) is 5.82. The van der Waals surface area contributed by atoms with Gasteiger partial charge >= 0.3 is 5.97 Å². The number of hydrogen-bond donors (Lipinski definition) is 0. The predicted molar refractivity (Wildman–Crippen MR) is 138 cm³/mol. The number of halogens is 2. The van der Waals surface area contributed by atoms with E-state index in [0.717, 1.165) is 40.9 Å². The van der Waals surface area contributed by atoms with Crippen molar-refractivity contribution in [3.05, 3.63) is 68.8 Å². The average Bonchev–Trinajstić information content (AvgIpc) is 3.60. The van der Waals surface area contributed by atoms with Crippen molar-refractivity contribution in [2.75, 3.05) is 20.8 Å². The number of amides is 1. The molecule has 0 saturated heterocycles. The maximum absolute atomic E-state index is 13.5. The van der Waals surface area contributed by atoms with Crippen molar-refractivity contribution >= 4 is 35.1 Å². The number of ether oxygens (including phenoxy) is 2. The van der Waals surface area contributed by atoms with Gasteiger partial charge in [0.1, 0.15) is 5.75 Å². The number of hydrogen-bond acceptors (Lipinski definition) is 5. The maximum Gasteiger partial charge on any atom is 0.316 e. The summed E-state index contributed by atoms with van der Waals surface area (Å²) in [7, 11) is 4.83. The lowest BCUT2D eigenvalue weighted by atomic mass is 9.91. The van der Waals surface area contributed by atoms with Crippen molar-refractivity contribution in [3.63, 3.8) is 0 Å². The Hall–Kier alpha value is -3.03. The lowest BCUT2D eigenvalue weighted by molar-refractivity contribution is -0.143. The summed E-state index contributed by atoms with van der Waals surface area (Å²) in [6.45, 7) is 2.49. The lowest BCUT2D eigenvalue weighted by Gasteiger charge is -2.33. The van der Waals surface area contributed by atoms with Crippen molar-refractivity contribution in [1.82, 2.24) is 14.7 Å². The first-order chi connectivity index (χ1) is 17.2. The fourth-order valence-electron chi connectivity index (χ4n) is 5.30. The second-order valence-electron chi connectivity index (χ2n) is 9.38. The summed E-state index contributed by atoms with van der Waals surface area (Å²) < 4.78 is 12.2. The lowest BCUT2D eigenvalue weighted by Crippen LogP contribution is -2.39. The van der Waals surface area contributed by atoms with Crippen molar-refractivity contribution in [3.8, 4) is 17.0 Å². The van der Waals surface area contributed by atoms with E-state index in [1.807, 2.05) is 36.9 Å². The number of methoxy groups -OCH3 is 2. The van der Waals surface area contributed by atoms with Gasteiger partial charge < -0.3 is 14.4 Å². The molecular formula is C27H27Cl2N3O4. The Labute approximate surface area is 219 Å². The number of esters is 1. The van der Waals surface area contributed by atoms with Gasteiger partial charge in [0.15, 0.2) is 0 Å². The van der Waals surface area contributed by atoms with Crippen LogP contribution in [0.5, 0.6) is 5.75 Å². The highest BCUT2D eigenvalue weighted by Gasteiger charge is 2.52. The Morgan fingerprint density at radius 1 is 1.14 bits per heavy atom. The molecule has 0 spiro atoms. The van der Waals surface area contributed by atoms with E-state index in [4.69, 9.17) is 37.8 Å². The molecule has 0 bridgehead atoms. The van der Waals surface area contributed by atoms with E-state index in [1.165, 1.54) is 14.2 Å². The highest BCUT2D eigenvalue weighted by Crippen LogP contribution is 2.51. The summed E-state index contributed by atoms with van der Waals surface area (Å²) in [6, 6.07) is 10.7. The van der Waals surface area contributed by atoms with Crippen molar-refractivity contribution in [2.45, 2.75) is 37.6 Å². The molecule has 2 aromatic carbocycles. The average molecular weight is 528 g/mol. The monoisotopic (exact) mass is 527 g/mol. The molecule has 1 saturated carbocycles. The molecule has 2 aliphatic rings. The van der Waals surface area contributed by atoms with Crippen LogP contribution in [-0.4, -0.2) is 47.3 Å². The molecule has 2 heterocycles. The molecule has 36 heavy (non-hydrogen) atoms. The summed E-state index contributed by atoms with van der Waals surface area (Å²) >= 11 is 13.0. The molecule has 3 aromatic rings. The van der Waals surface area contributed by atoms with Crippen LogP contribution in [0.15, 0.2) is 36.4 Å². The van der Waals surface area contributed by atoms with Gasteiger partial charge in [0.05, 0.1) is 47.7 Å². The summed E-state index contributed by atoms with van der Waals surface area (Å²) in [5.41, 5.74) is 4.38. The molecule has 0 N–H and O–H groups in total. The van der Waals surface area contributed by atoms with Gasteiger partial charge in [-0.25, -0.2) is 0 Å². The van der Waals surface area contributed by atoms with Gasteiger partial charge in [0, 0.05) is 29.7 Å².